The van der Waals surface area contributed by atoms with Gasteiger partial charge in [0, 0.05) is 52.4 Å². The van der Waals surface area contributed by atoms with Crippen LogP contribution in [0.5, 0.6) is 0 Å². The molecule has 1 aliphatic rings. The van der Waals surface area contributed by atoms with Crippen LogP contribution in [0, 0.1) is 13.8 Å². The van der Waals surface area contributed by atoms with Crippen molar-refractivity contribution in [2.24, 2.45) is 4.99 Å². The molecule has 0 saturated carbocycles. The third kappa shape index (κ3) is 5.32. The molecule has 6 heteroatoms. The molecule has 1 aromatic heterocycles. The third-order valence-corrected chi connectivity index (χ3v) is 5.16. The van der Waals surface area contributed by atoms with E-state index in [0.29, 0.717) is 5.92 Å². The van der Waals surface area contributed by atoms with Crippen LogP contribution in [0.4, 0.5) is 0 Å². The van der Waals surface area contributed by atoms with Gasteiger partial charge in [-0.3, -0.25) is 9.89 Å². The lowest BCUT2D eigenvalue weighted by atomic mass is 10.0. The van der Waals surface area contributed by atoms with Crippen LogP contribution in [0.3, 0.4) is 0 Å². The zero-order chi connectivity index (χ0) is 19.2. The van der Waals surface area contributed by atoms with Gasteiger partial charge >= 0.3 is 0 Å². The lowest BCUT2D eigenvalue weighted by molar-refractivity contribution is 0.169. The fraction of sp³-hybridized carbons (Fsp3) is 0.524. The molecule has 27 heavy (non-hydrogen) atoms. The van der Waals surface area contributed by atoms with E-state index in [-0.39, 0.29) is 0 Å². The van der Waals surface area contributed by atoms with Crippen LogP contribution < -0.4 is 5.32 Å². The minimum absolute atomic E-state index is 0.444. The number of aliphatic imine (C=N–C) groups is 1. The highest BCUT2D eigenvalue weighted by atomic mass is 16.5. The number of piperazine rings is 1. The lowest BCUT2D eigenvalue weighted by Gasteiger charge is -2.36. The largest absolute Gasteiger partial charge is 0.361 e. The molecule has 0 bridgehead atoms. The van der Waals surface area contributed by atoms with E-state index in [0.717, 1.165) is 56.7 Å². The molecule has 2 heterocycles. The van der Waals surface area contributed by atoms with Crippen LogP contribution in [0.15, 0.2) is 39.8 Å². The van der Waals surface area contributed by atoms with Crippen molar-refractivity contribution in [3.8, 4) is 0 Å². The number of aromatic nitrogens is 1. The summed E-state index contributed by atoms with van der Waals surface area (Å²) in [6.45, 7) is 12.0. The van der Waals surface area contributed by atoms with Crippen LogP contribution in [0.2, 0.25) is 0 Å². The van der Waals surface area contributed by atoms with Gasteiger partial charge in [0.15, 0.2) is 5.96 Å². The zero-order valence-corrected chi connectivity index (χ0v) is 16.9. The van der Waals surface area contributed by atoms with Crippen LogP contribution in [-0.2, 0) is 6.54 Å². The Morgan fingerprint density at radius 3 is 2.48 bits per heavy atom. The van der Waals surface area contributed by atoms with Gasteiger partial charge in [0.25, 0.3) is 0 Å². The minimum atomic E-state index is 0.444. The second kappa shape index (κ2) is 9.04. The van der Waals surface area contributed by atoms with Gasteiger partial charge in [0.1, 0.15) is 5.76 Å². The van der Waals surface area contributed by atoms with Crippen molar-refractivity contribution in [1.29, 1.82) is 0 Å². The summed E-state index contributed by atoms with van der Waals surface area (Å²) in [7, 11) is 1.86. The Morgan fingerprint density at radius 2 is 1.89 bits per heavy atom. The first-order valence-electron chi connectivity index (χ1n) is 9.72. The van der Waals surface area contributed by atoms with Crippen molar-refractivity contribution in [3.63, 3.8) is 0 Å². The van der Waals surface area contributed by atoms with E-state index in [9.17, 15) is 0 Å². The van der Waals surface area contributed by atoms with Gasteiger partial charge in [0.05, 0.1) is 5.69 Å². The number of nitrogens with one attached hydrogen (secondary N) is 1. The number of aryl methyl sites for hydroxylation is 2. The maximum Gasteiger partial charge on any atom is 0.193 e. The van der Waals surface area contributed by atoms with E-state index in [4.69, 9.17) is 4.52 Å². The number of nitrogens with zero attached hydrogens (tertiary/aromatic N) is 4. The average Bonchev–Trinajstić information content (AvgIpc) is 3.08. The molecule has 1 N–H and O–H groups in total. The molecule has 1 saturated heterocycles. The van der Waals surface area contributed by atoms with Gasteiger partial charge < -0.3 is 14.7 Å². The van der Waals surface area contributed by atoms with Crippen molar-refractivity contribution in [1.82, 2.24) is 20.3 Å². The topological polar surface area (TPSA) is 56.9 Å². The van der Waals surface area contributed by atoms with E-state index in [1.807, 2.05) is 20.0 Å². The molecular formula is C21H31N5O. The van der Waals surface area contributed by atoms with Gasteiger partial charge in [0.2, 0.25) is 0 Å². The Kier molecular flexibility index (Phi) is 6.50. The fourth-order valence-electron chi connectivity index (χ4n) is 3.43. The van der Waals surface area contributed by atoms with Gasteiger partial charge in [-0.05, 0) is 25.3 Å². The number of hydrogen-bond acceptors (Lipinski definition) is 4. The summed E-state index contributed by atoms with van der Waals surface area (Å²) in [6, 6.07) is 10.8. The van der Waals surface area contributed by atoms with E-state index in [2.05, 4.69) is 63.4 Å². The smallest absolute Gasteiger partial charge is 0.193 e. The number of guanidine groups is 1. The molecule has 1 unspecified atom stereocenters. The van der Waals surface area contributed by atoms with Crippen molar-refractivity contribution >= 4 is 5.96 Å². The summed E-state index contributed by atoms with van der Waals surface area (Å²) in [5, 5.41) is 7.65. The van der Waals surface area contributed by atoms with E-state index < -0.39 is 0 Å². The molecule has 0 spiro atoms. The van der Waals surface area contributed by atoms with E-state index >= 15 is 0 Å². The lowest BCUT2D eigenvalue weighted by Crippen LogP contribution is -2.52. The first-order chi connectivity index (χ1) is 13.0. The molecular weight excluding hydrogens is 338 g/mol. The Hall–Kier alpha value is -2.34. The molecule has 0 aliphatic carbocycles. The molecule has 0 radical (unpaired) electrons. The predicted octanol–water partition coefficient (Wildman–Crippen LogP) is 2.79. The highest BCUT2D eigenvalue weighted by Crippen LogP contribution is 2.15. The summed E-state index contributed by atoms with van der Waals surface area (Å²) in [4.78, 5) is 9.24. The minimum Gasteiger partial charge on any atom is -0.361 e. The molecule has 6 nitrogen and oxygen atoms in total. The highest BCUT2D eigenvalue weighted by molar-refractivity contribution is 5.80. The first kappa shape index (κ1) is 19.4. The molecule has 0 amide bonds. The van der Waals surface area contributed by atoms with E-state index in [1.54, 1.807) is 0 Å². The Morgan fingerprint density at radius 1 is 1.19 bits per heavy atom. The second-order valence-corrected chi connectivity index (χ2v) is 7.43. The van der Waals surface area contributed by atoms with Crippen molar-refractivity contribution in [3.05, 3.63) is 52.9 Å². The zero-order valence-electron chi connectivity index (χ0n) is 16.9. The summed E-state index contributed by atoms with van der Waals surface area (Å²) in [6.07, 6.45) is 0. The van der Waals surface area contributed by atoms with Crippen LogP contribution in [0.25, 0.3) is 0 Å². The monoisotopic (exact) mass is 369 g/mol. The molecule has 1 fully saturated rings. The Bertz CT molecular complexity index is 744. The molecule has 2 aromatic rings. The van der Waals surface area contributed by atoms with Crippen molar-refractivity contribution in [2.75, 3.05) is 39.8 Å². The summed E-state index contributed by atoms with van der Waals surface area (Å²) in [5.41, 5.74) is 3.67. The van der Waals surface area contributed by atoms with Crippen LogP contribution >= 0.6 is 0 Å². The third-order valence-electron chi connectivity index (χ3n) is 5.16. The highest BCUT2D eigenvalue weighted by Gasteiger charge is 2.20. The van der Waals surface area contributed by atoms with Crippen molar-refractivity contribution < 1.29 is 4.52 Å². The number of benzene rings is 1. The average molecular weight is 370 g/mol. The maximum atomic E-state index is 5.16. The summed E-state index contributed by atoms with van der Waals surface area (Å²) in [5.74, 6) is 2.31. The first-order valence-corrected chi connectivity index (χ1v) is 9.72. The molecule has 1 aliphatic heterocycles. The van der Waals surface area contributed by atoms with E-state index in [1.165, 1.54) is 11.1 Å². The molecule has 3 rings (SSSR count). The van der Waals surface area contributed by atoms with Crippen LogP contribution in [-0.4, -0.2) is 60.7 Å². The Labute approximate surface area is 162 Å². The summed E-state index contributed by atoms with van der Waals surface area (Å²) >= 11 is 0. The number of hydrogen-bond donors (Lipinski definition) is 1. The predicted molar refractivity (Wildman–Crippen MR) is 109 cm³/mol. The SMILES string of the molecule is CN=C(NCC(C)c1ccc(C)cc1)N1CCN(Cc2cc(C)on2)CC1. The standard InChI is InChI=1S/C21H31N5O/c1-16-5-7-19(8-6-16)17(2)14-23-21(22-4)26-11-9-25(10-12-26)15-20-13-18(3)27-24-20/h5-8,13,17H,9-12,14-15H2,1-4H3,(H,22,23). The van der Waals surface area contributed by atoms with Crippen LogP contribution in [0.1, 0.15) is 35.4 Å². The fourth-order valence-corrected chi connectivity index (χ4v) is 3.43. The normalized spacial score (nSPS) is 17.2. The van der Waals surface area contributed by atoms with Crippen molar-refractivity contribution in [2.45, 2.75) is 33.2 Å². The van der Waals surface area contributed by atoms with Gasteiger partial charge in [-0.2, -0.15) is 0 Å². The molecule has 1 atom stereocenters. The molecule has 146 valence electrons. The molecule has 1 aromatic carbocycles. The van der Waals surface area contributed by atoms with Gasteiger partial charge in [-0.1, -0.05) is 41.9 Å². The number of rotatable bonds is 5. The van der Waals surface area contributed by atoms with Gasteiger partial charge in [-0.25, -0.2) is 0 Å². The second-order valence-electron chi connectivity index (χ2n) is 7.43. The summed E-state index contributed by atoms with van der Waals surface area (Å²) < 4.78 is 5.16. The maximum absolute atomic E-state index is 5.16. The Balaban J connectivity index is 1.46. The quantitative estimate of drug-likeness (QED) is 0.649. The van der Waals surface area contributed by atoms with Gasteiger partial charge in [-0.15, -0.1) is 0 Å².